The van der Waals surface area contributed by atoms with Gasteiger partial charge in [-0.1, -0.05) is 6.92 Å². The van der Waals surface area contributed by atoms with E-state index in [1.807, 2.05) is 6.92 Å². The van der Waals surface area contributed by atoms with Gasteiger partial charge in [-0.15, -0.1) is 10.2 Å². The molecule has 2 aliphatic rings. The number of hydrogen-bond acceptors (Lipinski definition) is 7. The number of rotatable bonds is 3. The summed E-state index contributed by atoms with van der Waals surface area (Å²) in [7, 11) is 0. The third-order valence-electron chi connectivity index (χ3n) is 6.57. The van der Waals surface area contributed by atoms with Crippen LogP contribution in [-0.2, 0) is 11.7 Å². The van der Waals surface area contributed by atoms with E-state index in [0.717, 1.165) is 12.3 Å². The molecule has 1 aliphatic heterocycles. The molecule has 5 rings (SSSR count). The molecule has 3 aromatic rings. The van der Waals surface area contributed by atoms with Gasteiger partial charge < -0.3 is 14.6 Å². The smallest absolute Gasteiger partial charge is 0.417 e. The van der Waals surface area contributed by atoms with Gasteiger partial charge in [0.1, 0.15) is 23.1 Å². The molecule has 1 aromatic carbocycles. The molecule has 0 radical (unpaired) electrons. The van der Waals surface area contributed by atoms with Crippen molar-refractivity contribution in [3.8, 4) is 17.5 Å². The zero-order valence-corrected chi connectivity index (χ0v) is 19.1. The Morgan fingerprint density at radius 1 is 1.31 bits per heavy atom. The Balaban J connectivity index is 1.52. The van der Waals surface area contributed by atoms with Crippen LogP contribution in [0.5, 0.6) is 0 Å². The quantitative estimate of drug-likeness (QED) is 0.512. The summed E-state index contributed by atoms with van der Waals surface area (Å²) in [5.74, 6) is -0.839. The second-order valence-electron chi connectivity index (χ2n) is 9.11. The van der Waals surface area contributed by atoms with Crippen LogP contribution in [-0.4, -0.2) is 37.1 Å². The van der Waals surface area contributed by atoms with E-state index in [-0.39, 0.29) is 29.6 Å². The predicted molar refractivity (Wildman–Crippen MR) is 116 cm³/mol. The van der Waals surface area contributed by atoms with Crippen molar-refractivity contribution in [2.24, 2.45) is 5.92 Å². The van der Waals surface area contributed by atoms with E-state index in [0.29, 0.717) is 25.2 Å². The van der Waals surface area contributed by atoms with Crippen LogP contribution in [0.4, 0.5) is 28.0 Å². The molecule has 0 spiro atoms. The van der Waals surface area contributed by atoms with Crippen LogP contribution in [0.1, 0.15) is 49.2 Å². The second kappa shape index (κ2) is 8.25. The monoisotopic (exact) mass is 501 g/mol. The van der Waals surface area contributed by atoms with Gasteiger partial charge in [0, 0.05) is 31.1 Å². The van der Waals surface area contributed by atoms with E-state index in [4.69, 9.17) is 9.68 Å². The Kier molecular flexibility index (Phi) is 5.42. The molecule has 1 aliphatic carbocycles. The summed E-state index contributed by atoms with van der Waals surface area (Å²) in [5, 5.41) is 19.4. The number of nitriles is 1. The number of alkyl halides is 3. The molecule has 9 nitrogen and oxygen atoms in total. The number of fused-ring (bicyclic) bond motifs is 2. The third-order valence-corrected chi connectivity index (χ3v) is 6.57. The van der Waals surface area contributed by atoms with Crippen molar-refractivity contribution in [2.75, 3.05) is 5.32 Å². The van der Waals surface area contributed by atoms with Crippen molar-refractivity contribution < 1.29 is 26.8 Å². The average molecular weight is 501 g/mol. The zero-order valence-electron chi connectivity index (χ0n) is 19.1. The van der Waals surface area contributed by atoms with Crippen LogP contribution in [0.15, 0.2) is 28.8 Å². The van der Waals surface area contributed by atoms with Gasteiger partial charge in [-0.05, 0) is 37.0 Å². The fourth-order valence-corrected chi connectivity index (χ4v) is 5.25. The molecule has 1 unspecified atom stereocenters. The maximum atomic E-state index is 14.9. The molecule has 3 heterocycles. The number of halogens is 4. The Bertz CT molecular complexity index is 1400. The van der Waals surface area contributed by atoms with Gasteiger partial charge in [0.15, 0.2) is 5.82 Å². The SMILES string of the molecule is Cc1nnc(C23C[C@@H](C)C[C@H](C2)N3C(=O)Nc2cc(-c3nccc(C#N)n3)c(C(F)(F)F)cc2F)o1. The second-order valence-corrected chi connectivity index (χ2v) is 9.11. The first-order valence-electron chi connectivity index (χ1n) is 11.1. The minimum Gasteiger partial charge on any atom is -0.423 e. The molecule has 2 amide bonds. The highest BCUT2D eigenvalue weighted by Crippen LogP contribution is 2.55. The Morgan fingerprint density at radius 2 is 2.08 bits per heavy atom. The summed E-state index contributed by atoms with van der Waals surface area (Å²) in [6, 6.07) is 3.19. The lowest BCUT2D eigenvalue weighted by Crippen LogP contribution is -2.70. The lowest BCUT2D eigenvalue weighted by molar-refractivity contribution is -0.137. The fraction of sp³-hybridized carbons (Fsp3) is 0.391. The molecule has 1 saturated carbocycles. The number of aryl methyl sites for hydroxylation is 1. The summed E-state index contributed by atoms with van der Waals surface area (Å²) in [6.07, 6.45) is -1.97. The van der Waals surface area contributed by atoms with Crippen LogP contribution >= 0.6 is 0 Å². The van der Waals surface area contributed by atoms with Gasteiger partial charge in [-0.3, -0.25) is 0 Å². The number of carbonyl (C=O) groups excluding carboxylic acids is 1. The molecular formula is C23H19F4N7O2. The average Bonchev–Trinajstić information content (AvgIpc) is 3.25. The van der Waals surface area contributed by atoms with E-state index in [1.54, 1.807) is 13.0 Å². The maximum absolute atomic E-state index is 14.9. The van der Waals surface area contributed by atoms with E-state index in [2.05, 4.69) is 25.5 Å². The first-order valence-corrected chi connectivity index (χ1v) is 11.1. The van der Waals surface area contributed by atoms with Crippen molar-refractivity contribution in [1.29, 1.82) is 5.26 Å². The first kappa shape index (κ1) is 23.7. The van der Waals surface area contributed by atoms with E-state index in [1.165, 1.54) is 11.0 Å². The number of piperidine rings is 1. The van der Waals surface area contributed by atoms with Crippen molar-refractivity contribution in [3.63, 3.8) is 0 Å². The van der Waals surface area contributed by atoms with Crippen LogP contribution in [0.25, 0.3) is 11.4 Å². The molecule has 2 bridgehead atoms. The first-order chi connectivity index (χ1) is 17.0. The van der Waals surface area contributed by atoms with Crippen molar-refractivity contribution in [2.45, 2.75) is 50.9 Å². The number of amides is 2. The van der Waals surface area contributed by atoms with Crippen LogP contribution < -0.4 is 5.32 Å². The fourth-order valence-electron chi connectivity index (χ4n) is 5.25. The van der Waals surface area contributed by atoms with E-state index < -0.39 is 46.2 Å². The maximum Gasteiger partial charge on any atom is 0.417 e. The molecule has 13 heteroatoms. The summed E-state index contributed by atoms with van der Waals surface area (Å²) >= 11 is 0. The highest BCUT2D eigenvalue weighted by atomic mass is 19.4. The lowest BCUT2D eigenvalue weighted by Gasteiger charge is -2.61. The Labute approximate surface area is 202 Å². The third kappa shape index (κ3) is 3.82. The van der Waals surface area contributed by atoms with Crippen LogP contribution in [0, 0.1) is 30.0 Å². The van der Waals surface area contributed by atoms with Gasteiger partial charge in [0.05, 0.1) is 11.3 Å². The number of urea groups is 1. The van der Waals surface area contributed by atoms with E-state index in [9.17, 15) is 22.4 Å². The largest absolute Gasteiger partial charge is 0.423 e. The highest BCUT2D eigenvalue weighted by Gasteiger charge is 2.62. The molecule has 3 atom stereocenters. The number of hydrogen-bond donors (Lipinski definition) is 1. The Morgan fingerprint density at radius 3 is 2.75 bits per heavy atom. The van der Waals surface area contributed by atoms with Crippen molar-refractivity contribution >= 4 is 11.7 Å². The number of nitrogens with zero attached hydrogens (tertiary/aromatic N) is 6. The standard InChI is InChI=1S/C23H19F4N7O2/c1-11-5-14-9-22(8-11,20-33-32-12(2)36-20)34(14)21(35)31-18-6-15(16(7-17(18)24)23(25,26)27)19-29-4-3-13(10-28)30-19/h3-4,6-7,11,14H,5,8-9H2,1-2H3,(H,31,35)/t11-,14+,22?/m0/s1. The van der Waals surface area contributed by atoms with E-state index >= 15 is 0 Å². The van der Waals surface area contributed by atoms with Crippen LogP contribution in [0.3, 0.4) is 0 Å². The van der Waals surface area contributed by atoms with Gasteiger partial charge in [-0.25, -0.2) is 19.2 Å². The number of carbonyl (C=O) groups is 1. The molecule has 1 saturated heterocycles. The van der Waals surface area contributed by atoms with Crippen molar-refractivity contribution in [3.05, 3.63) is 53.3 Å². The summed E-state index contributed by atoms with van der Waals surface area (Å²) in [5.41, 5.74) is -3.42. The molecule has 1 N–H and O–H groups in total. The predicted octanol–water partition coefficient (Wildman–Crippen LogP) is 4.80. The minimum absolute atomic E-state index is 0.164. The molecular weight excluding hydrogens is 482 g/mol. The Hall–Kier alpha value is -4.08. The molecule has 36 heavy (non-hydrogen) atoms. The zero-order chi connectivity index (χ0) is 25.8. The number of anilines is 1. The van der Waals surface area contributed by atoms with Crippen LogP contribution in [0.2, 0.25) is 0 Å². The van der Waals surface area contributed by atoms with Gasteiger partial charge in [-0.2, -0.15) is 18.4 Å². The number of likely N-dealkylation sites (tertiary alicyclic amines) is 1. The minimum atomic E-state index is -4.94. The topological polar surface area (TPSA) is 121 Å². The molecule has 2 fully saturated rings. The lowest BCUT2D eigenvalue weighted by atomic mass is 9.64. The number of nitrogens with one attached hydrogen (secondary N) is 1. The summed E-state index contributed by atoms with van der Waals surface area (Å²) in [4.78, 5) is 22.5. The van der Waals surface area contributed by atoms with Gasteiger partial charge >= 0.3 is 12.2 Å². The normalized spacial score (nSPS) is 23.1. The molecule has 186 valence electrons. The highest BCUT2D eigenvalue weighted by molar-refractivity contribution is 5.92. The summed E-state index contributed by atoms with van der Waals surface area (Å²) < 4.78 is 61.6. The van der Waals surface area contributed by atoms with Gasteiger partial charge in [0.25, 0.3) is 0 Å². The summed E-state index contributed by atoms with van der Waals surface area (Å²) in [6.45, 7) is 3.67. The number of aromatic nitrogens is 4. The van der Waals surface area contributed by atoms with Crippen molar-refractivity contribution in [1.82, 2.24) is 25.1 Å². The number of benzene rings is 1. The molecule has 2 aromatic heterocycles. The van der Waals surface area contributed by atoms with Gasteiger partial charge in [0.2, 0.25) is 11.8 Å².